The number of rotatable bonds is 3. The van der Waals surface area contributed by atoms with Gasteiger partial charge in [0.2, 0.25) is 11.8 Å². The minimum absolute atomic E-state index is 0.0181. The Hall–Kier alpha value is -2.96. The Bertz CT molecular complexity index is 1000. The number of carbonyl (C=O) groups is 2. The highest BCUT2D eigenvalue weighted by Gasteiger charge is 2.34. The third-order valence-electron chi connectivity index (χ3n) is 6.31. The maximum absolute atomic E-state index is 13.4. The minimum atomic E-state index is -0.260. The zero-order valence-corrected chi connectivity index (χ0v) is 17.6. The van der Waals surface area contributed by atoms with Crippen molar-refractivity contribution in [3.63, 3.8) is 0 Å². The Balaban J connectivity index is 1.64. The molecule has 1 saturated heterocycles. The fourth-order valence-electron chi connectivity index (χ4n) is 4.50. The van der Waals surface area contributed by atoms with E-state index in [2.05, 4.69) is 4.98 Å². The summed E-state index contributed by atoms with van der Waals surface area (Å²) in [5.74, 6) is 0.314. The van der Waals surface area contributed by atoms with Gasteiger partial charge in [0.05, 0.1) is 24.2 Å². The third kappa shape index (κ3) is 3.88. The standard InChI is InChI=1S/C23H28N4O3/c1-15(17-8-4-3-5-9-17)23(30)27-12-7-6-10-20(27)21-24-19-14-26(16(2)28)13-11-18(19)22(29)25-21/h3-5,8-9,15,20H,6-7,10-14H2,1-2H3,(H,24,25,29)/t15-,20-/m0/s1. The Morgan fingerprint density at radius 1 is 1.17 bits per heavy atom. The van der Waals surface area contributed by atoms with Crippen molar-refractivity contribution in [1.82, 2.24) is 19.8 Å². The number of piperidine rings is 1. The summed E-state index contributed by atoms with van der Waals surface area (Å²) in [6.07, 6.45) is 3.20. The molecule has 2 aliphatic rings. The molecule has 158 valence electrons. The molecule has 0 unspecified atom stereocenters. The second-order valence-electron chi connectivity index (χ2n) is 8.24. The average molecular weight is 409 g/mol. The first kappa shape index (κ1) is 20.3. The van der Waals surface area contributed by atoms with Crippen molar-refractivity contribution < 1.29 is 9.59 Å². The topological polar surface area (TPSA) is 86.4 Å². The third-order valence-corrected chi connectivity index (χ3v) is 6.31. The molecule has 2 aliphatic heterocycles. The van der Waals surface area contributed by atoms with Gasteiger partial charge in [-0.1, -0.05) is 30.3 Å². The Labute approximate surface area is 176 Å². The molecule has 0 spiro atoms. The van der Waals surface area contributed by atoms with E-state index in [4.69, 9.17) is 4.98 Å². The van der Waals surface area contributed by atoms with Crippen LogP contribution >= 0.6 is 0 Å². The lowest BCUT2D eigenvalue weighted by Gasteiger charge is -2.37. The van der Waals surface area contributed by atoms with Gasteiger partial charge in [0.25, 0.3) is 5.56 Å². The lowest BCUT2D eigenvalue weighted by molar-refractivity contribution is -0.136. The highest BCUT2D eigenvalue weighted by atomic mass is 16.2. The van der Waals surface area contributed by atoms with Crippen LogP contribution in [0.5, 0.6) is 0 Å². The molecule has 3 heterocycles. The van der Waals surface area contributed by atoms with Crippen LogP contribution in [0.2, 0.25) is 0 Å². The largest absolute Gasteiger partial charge is 0.337 e. The van der Waals surface area contributed by atoms with Gasteiger partial charge in [0, 0.05) is 25.6 Å². The summed E-state index contributed by atoms with van der Waals surface area (Å²) in [4.78, 5) is 49.2. The number of aromatic nitrogens is 2. The molecule has 0 aliphatic carbocycles. The van der Waals surface area contributed by atoms with Crippen molar-refractivity contribution in [2.75, 3.05) is 13.1 Å². The van der Waals surface area contributed by atoms with Crippen LogP contribution in [0.15, 0.2) is 35.1 Å². The monoisotopic (exact) mass is 408 g/mol. The van der Waals surface area contributed by atoms with Gasteiger partial charge in [-0.25, -0.2) is 4.98 Å². The minimum Gasteiger partial charge on any atom is -0.337 e. The summed E-state index contributed by atoms with van der Waals surface area (Å²) in [5, 5.41) is 0. The average Bonchev–Trinajstić information content (AvgIpc) is 2.78. The highest BCUT2D eigenvalue weighted by Crippen LogP contribution is 2.32. The molecular formula is C23H28N4O3. The van der Waals surface area contributed by atoms with Crippen LogP contribution in [-0.2, 0) is 22.6 Å². The maximum atomic E-state index is 13.4. The molecule has 30 heavy (non-hydrogen) atoms. The summed E-state index contributed by atoms with van der Waals surface area (Å²) in [5.41, 5.74) is 2.15. The summed E-state index contributed by atoms with van der Waals surface area (Å²) >= 11 is 0. The van der Waals surface area contributed by atoms with E-state index >= 15 is 0 Å². The van der Waals surface area contributed by atoms with Gasteiger partial charge in [-0.3, -0.25) is 14.4 Å². The van der Waals surface area contributed by atoms with E-state index in [9.17, 15) is 14.4 Å². The summed E-state index contributed by atoms with van der Waals surface area (Å²) in [7, 11) is 0. The smallest absolute Gasteiger partial charge is 0.254 e. The first-order valence-corrected chi connectivity index (χ1v) is 10.7. The van der Waals surface area contributed by atoms with Crippen molar-refractivity contribution >= 4 is 11.8 Å². The van der Waals surface area contributed by atoms with E-state index in [1.54, 1.807) is 4.90 Å². The molecular weight excluding hydrogens is 380 g/mol. The molecule has 0 saturated carbocycles. The molecule has 1 N–H and O–H groups in total. The van der Waals surface area contributed by atoms with Gasteiger partial charge in [-0.15, -0.1) is 0 Å². The fourth-order valence-corrected chi connectivity index (χ4v) is 4.50. The normalized spacial score (nSPS) is 19.9. The Morgan fingerprint density at radius 3 is 2.67 bits per heavy atom. The number of nitrogens with zero attached hydrogens (tertiary/aromatic N) is 3. The molecule has 2 aromatic rings. The molecule has 1 aromatic carbocycles. The molecule has 1 fully saturated rings. The number of carbonyl (C=O) groups excluding carboxylic acids is 2. The number of likely N-dealkylation sites (tertiary alicyclic amines) is 1. The van der Waals surface area contributed by atoms with Crippen LogP contribution in [0.1, 0.15) is 67.7 Å². The lowest BCUT2D eigenvalue weighted by Crippen LogP contribution is -2.43. The predicted octanol–water partition coefficient (Wildman–Crippen LogP) is 2.53. The van der Waals surface area contributed by atoms with Crippen molar-refractivity contribution in [3.05, 3.63) is 63.3 Å². The van der Waals surface area contributed by atoms with E-state index in [0.29, 0.717) is 43.1 Å². The number of amides is 2. The number of hydrogen-bond donors (Lipinski definition) is 1. The summed E-state index contributed by atoms with van der Waals surface area (Å²) in [6.45, 7) is 5.00. The number of fused-ring (bicyclic) bond motifs is 1. The van der Waals surface area contributed by atoms with Gasteiger partial charge in [-0.05, 0) is 38.2 Å². The van der Waals surface area contributed by atoms with Gasteiger partial charge in [0.15, 0.2) is 0 Å². The van der Waals surface area contributed by atoms with Crippen LogP contribution in [0.3, 0.4) is 0 Å². The maximum Gasteiger partial charge on any atom is 0.254 e. The molecule has 7 nitrogen and oxygen atoms in total. The van der Waals surface area contributed by atoms with Gasteiger partial charge in [0.1, 0.15) is 5.82 Å². The van der Waals surface area contributed by atoms with E-state index in [0.717, 1.165) is 24.8 Å². The molecule has 0 bridgehead atoms. The van der Waals surface area contributed by atoms with E-state index in [1.807, 2.05) is 42.2 Å². The number of aromatic amines is 1. The van der Waals surface area contributed by atoms with Crippen LogP contribution < -0.4 is 5.56 Å². The van der Waals surface area contributed by atoms with E-state index < -0.39 is 0 Å². The quantitative estimate of drug-likeness (QED) is 0.846. The number of hydrogen-bond acceptors (Lipinski definition) is 4. The molecule has 4 rings (SSSR count). The lowest BCUT2D eigenvalue weighted by atomic mass is 9.95. The van der Waals surface area contributed by atoms with E-state index in [1.165, 1.54) is 6.92 Å². The number of H-pyrrole nitrogens is 1. The van der Waals surface area contributed by atoms with Gasteiger partial charge >= 0.3 is 0 Å². The number of nitrogens with one attached hydrogen (secondary N) is 1. The van der Waals surface area contributed by atoms with Crippen LogP contribution in [0.4, 0.5) is 0 Å². The van der Waals surface area contributed by atoms with Crippen LogP contribution in [0.25, 0.3) is 0 Å². The summed E-state index contributed by atoms with van der Waals surface area (Å²) in [6, 6.07) is 9.51. The zero-order chi connectivity index (χ0) is 21.3. The zero-order valence-electron chi connectivity index (χ0n) is 17.6. The van der Waals surface area contributed by atoms with E-state index in [-0.39, 0.29) is 29.3 Å². The molecule has 7 heteroatoms. The Kier molecular flexibility index (Phi) is 5.70. The Morgan fingerprint density at radius 2 is 1.93 bits per heavy atom. The summed E-state index contributed by atoms with van der Waals surface area (Å²) < 4.78 is 0. The second-order valence-corrected chi connectivity index (χ2v) is 8.24. The highest BCUT2D eigenvalue weighted by molar-refractivity contribution is 5.83. The van der Waals surface area contributed by atoms with Gasteiger partial charge in [-0.2, -0.15) is 0 Å². The first-order chi connectivity index (χ1) is 14.5. The van der Waals surface area contributed by atoms with Crippen LogP contribution in [0, 0.1) is 0 Å². The molecule has 2 amide bonds. The SMILES string of the molecule is CC(=O)N1CCc2c(nc([C@@H]3CCCCN3C(=O)[C@@H](C)c3ccccc3)[nH]c2=O)C1. The molecule has 2 atom stereocenters. The molecule has 1 aromatic heterocycles. The number of benzene rings is 1. The predicted molar refractivity (Wildman–Crippen MR) is 113 cm³/mol. The second kappa shape index (κ2) is 8.42. The van der Waals surface area contributed by atoms with Crippen molar-refractivity contribution in [1.29, 1.82) is 0 Å². The van der Waals surface area contributed by atoms with Crippen molar-refractivity contribution in [2.45, 2.75) is 58.0 Å². The van der Waals surface area contributed by atoms with Crippen LogP contribution in [-0.4, -0.2) is 44.7 Å². The molecule has 0 radical (unpaired) electrons. The fraction of sp³-hybridized carbons (Fsp3) is 0.478. The van der Waals surface area contributed by atoms with Crippen molar-refractivity contribution in [2.24, 2.45) is 0 Å². The van der Waals surface area contributed by atoms with Crippen molar-refractivity contribution in [3.8, 4) is 0 Å². The first-order valence-electron chi connectivity index (χ1n) is 10.7. The van der Waals surface area contributed by atoms with Gasteiger partial charge < -0.3 is 14.8 Å².